The lowest BCUT2D eigenvalue weighted by Gasteiger charge is -2.33. The molecule has 0 radical (unpaired) electrons. The van der Waals surface area contributed by atoms with Crippen LogP contribution in [0.1, 0.15) is 112 Å². The number of ether oxygens (including phenoxy) is 4. The number of anilines is 5. The molecule has 8 aromatic rings. The van der Waals surface area contributed by atoms with Crippen molar-refractivity contribution in [2.45, 2.75) is 115 Å². The molecule has 0 saturated carbocycles. The van der Waals surface area contributed by atoms with E-state index in [1.807, 2.05) is 137 Å². The summed E-state index contributed by atoms with van der Waals surface area (Å²) in [6.45, 7) is 22.9. The van der Waals surface area contributed by atoms with Gasteiger partial charge in [-0.2, -0.15) is 0 Å². The van der Waals surface area contributed by atoms with Crippen LogP contribution in [0.25, 0.3) is 33.8 Å². The Morgan fingerprint density at radius 3 is 1.46 bits per heavy atom. The number of nitrogens with one attached hydrogen (secondary N) is 5. The number of para-hydroxylation sites is 2. The van der Waals surface area contributed by atoms with Crippen LogP contribution in [0.15, 0.2) is 126 Å². The molecule has 0 aliphatic carbocycles. The lowest BCUT2D eigenvalue weighted by molar-refractivity contribution is -0.123. The summed E-state index contributed by atoms with van der Waals surface area (Å²) in [7, 11) is 0. The smallest absolute Gasteiger partial charge is 0.234 e. The van der Waals surface area contributed by atoms with E-state index in [1.54, 1.807) is 18.7 Å². The molecular weight excluding hydrogens is 1270 g/mol. The molecule has 5 atom stereocenters. The zero-order valence-corrected chi connectivity index (χ0v) is 56.4. The minimum atomic E-state index is -0.598. The van der Waals surface area contributed by atoms with Gasteiger partial charge in [-0.25, -0.2) is 24.9 Å². The molecule has 4 fully saturated rings. The second-order valence-corrected chi connectivity index (χ2v) is 28.4. The van der Waals surface area contributed by atoms with Crippen molar-refractivity contribution in [3.05, 3.63) is 166 Å². The molecule has 12 heterocycles. The van der Waals surface area contributed by atoms with E-state index in [4.69, 9.17) is 23.9 Å². The van der Waals surface area contributed by atoms with Crippen molar-refractivity contribution in [3.8, 4) is 22.6 Å². The van der Waals surface area contributed by atoms with Gasteiger partial charge in [0.25, 0.3) is 0 Å². The largest absolute Gasteiger partial charge is 0.381 e. The number of carbonyl (C=O) groups is 5. The third kappa shape index (κ3) is 12.5. The highest BCUT2D eigenvalue weighted by Crippen LogP contribution is 2.48. The molecule has 0 bridgehead atoms. The first-order chi connectivity index (χ1) is 45.6. The number of hydrogen-bond donors (Lipinski definition) is 5. The molecule has 5 aromatic carbocycles. The van der Waals surface area contributed by atoms with Gasteiger partial charge in [0, 0.05) is 81.1 Å². The monoisotopic (exact) mass is 1350 g/mol. The highest BCUT2D eigenvalue weighted by atomic mass is 79.9. The van der Waals surface area contributed by atoms with Crippen molar-refractivity contribution < 1.29 is 42.9 Å². The standard InChI is InChI=1S/C25H25N7O2.C14H17NO2.C13H14BrNO2.C13H15NO2.C9H9NO/c1-4-32-22(17-9-26-14(2)27-10-17)31-21-20(28-13-29-23(21)32)16-5-6-19-18(7-16)25(3,24(33)30-19)8-15-11-34-12-15;1-9-3-4-12-11(5-9)14(2,13(16)15-12)6-10-7-17-8-10;1-13(5-8-6-17-7-8)10-4-9(14)2-3-11(10)15-12(13)16;1-13(6-9-7-16-8-9)10-4-2-3-5-11(10)14-12(13)15;1-6-7-4-2-3-5-8(7)10-9(6)11/h5-7,9-10,13,15H,4,8,11-12H2,1-3H3,(H,30,33);3-5,10H,6-8H2,1-2H3,(H,15,16);2-4,8H,5-7H2,1H3,(H,15,16);2-5,9H,6-8H2,1H3,(H,14,15);2-6H,1H3,(H,10,11). The Morgan fingerprint density at radius 2 is 0.958 bits per heavy atom. The van der Waals surface area contributed by atoms with E-state index in [1.165, 1.54) is 5.56 Å². The van der Waals surface area contributed by atoms with Gasteiger partial charge in [-0.3, -0.25) is 24.0 Å². The molecule has 20 nitrogen and oxygen atoms in total. The third-order valence-corrected chi connectivity index (χ3v) is 20.8. The van der Waals surface area contributed by atoms with E-state index in [9.17, 15) is 24.0 Å². The average Bonchev–Trinajstić information content (AvgIpc) is 1.64. The van der Waals surface area contributed by atoms with Gasteiger partial charge < -0.3 is 50.1 Å². The summed E-state index contributed by atoms with van der Waals surface area (Å²) in [5, 5.41) is 14.8. The number of rotatable bonds is 11. The summed E-state index contributed by atoms with van der Waals surface area (Å²) >= 11 is 3.47. The highest BCUT2D eigenvalue weighted by molar-refractivity contribution is 9.10. The van der Waals surface area contributed by atoms with Gasteiger partial charge in [0.2, 0.25) is 29.5 Å². The number of halogens is 1. The molecule has 0 spiro atoms. The fraction of sp³-hybridized carbons (Fsp3) is 0.405. The second kappa shape index (κ2) is 26.2. The first kappa shape index (κ1) is 65.1. The number of aryl methyl sites for hydroxylation is 3. The predicted molar refractivity (Wildman–Crippen MR) is 367 cm³/mol. The van der Waals surface area contributed by atoms with E-state index in [0.717, 1.165) is 154 Å². The maximum absolute atomic E-state index is 13.0. The normalized spacial score (nSPS) is 24.2. The molecule has 9 aliphatic heterocycles. The number of imidazole rings is 1. The van der Waals surface area contributed by atoms with Crippen LogP contribution in [0, 0.1) is 37.5 Å². The molecule has 5 unspecified atom stereocenters. The van der Waals surface area contributed by atoms with Gasteiger partial charge in [-0.1, -0.05) is 76.1 Å². The van der Waals surface area contributed by atoms with Crippen LogP contribution in [-0.4, -0.2) is 112 Å². The van der Waals surface area contributed by atoms with E-state index in [0.29, 0.717) is 54.8 Å². The number of fused-ring (bicyclic) bond motifs is 6. The Morgan fingerprint density at radius 1 is 0.505 bits per heavy atom. The minimum Gasteiger partial charge on any atom is -0.381 e. The number of hydrogen-bond acceptors (Lipinski definition) is 14. The van der Waals surface area contributed by atoms with Crippen LogP contribution in [0.5, 0.6) is 0 Å². The van der Waals surface area contributed by atoms with Crippen LogP contribution in [-0.2, 0) is 71.1 Å². The molecule has 3 aromatic heterocycles. The third-order valence-electron chi connectivity index (χ3n) is 20.3. The fourth-order valence-electron chi connectivity index (χ4n) is 14.4. The molecule has 95 heavy (non-hydrogen) atoms. The van der Waals surface area contributed by atoms with Crippen molar-refractivity contribution in [2.24, 2.45) is 23.7 Å². The van der Waals surface area contributed by atoms with Crippen LogP contribution < -0.4 is 26.6 Å². The summed E-state index contributed by atoms with van der Waals surface area (Å²) in [4.78, 5) is 83.3. The molecule has 5 amide bonds. The van der Waals surface area contributed by atoms with Crippen molar-refractivity contribution in [1.29, 1.82) is 0 Å². The maximum atomic E-state index is 13.0. The number of carbonyl (C=O) groups excluding carboxylic acids is 5. The van der Waals surface area contributed by atoms with E-state index in [2.05, 4.69) is 88.4 Å². The van der Waals surface area contributed by atoms with Crippen LogP contribution in [0.3, 0.4) is 0 Å². The van der Waals surface area contributed by atoms with Crippen molar-refractivity contribution in [2.75, 3.05) is 79.4 Å². The van der Waals surface area contributed by atoms with Crippen LogP contribution >= 0.6 is 15.9 Å². The fourth-order valence-corrected chi connectivity index (χ4v) is 14.8. The van der Waals surface area contributed by atoms with Gasteiger partial charge in [0.1, 0.15) is 29.2 Å². The van der Waals surface area contributed by atoms with Crippen molar-refractivity contribution in [1.82, 2.24) is 29.5 Å². The van der Waals surface area contributed by atoms with E-state index >= 15 is 0 Å². The molecular formula is C74H80BrN11O9. The Balaban J connectivity index is 0.000000114. The Kier molecular flexibility index (Phi) is 17.9. The van der Waals surface area contributed by atoms with Crippen LogP contribution in [0.2, 0.25) is 0 Å². The van der Waals surface area contributed by atoms with E-state index in [-0.39, 0.29) is 46.3 Å². The lowest BCUT2D eigenvalue weighted by atomic mass is 9.75. The summed E-state index contributed by atoms with van der Waals surface area (Å²) in [6, 6.07) is 33.9. The molecule has 21 heteroatoms. The number of benzene rings is 5. The van der Waals surface area contributed by atoms with Crippen LogP contribution in [0.4, 0.5) is 28.4 Å². The van der Waals surface area contributed by atoms with Gasteiger partial charge in [-0.15, -0.1) is 0 Å². The first-order valence-electron chi connectivity index (χ1n) is 32.8. The van der Waals surface area contributed by atoms with Gasteiger partial charge >= 0.3 is 0 Å². The molecule has 9 aliphatic rings. The molecule has 4 saturated heterocycles. The highest BCUT2D eigenvalue weighted by Gasteiger charge is 2.49. The maximum Gasteiger partial charge on any atom is 0.234 e. The van der Waals surface area contributed by atoms with Crippen molar-refractivity contribution >= 4 is 85.1 Å². The van der Waals surface area contributed by atoms with Gasteiger partial charge in [0.15, 0.2) is 5.65 Å². The second-order valence-electron chi connectivity index (χ2n) is 27.5. The molecule has 5 N–H and O–H groups in total. The number of aromatic nitrogens is 6. The predicted octanol–water partition coefficient (Wildman–Crippen LogP) is 12.1. The zero-order chi connectivity index (χ0) is 66.6. The van der Waals surface area contributed by atoms with Gasteiger partial charge in [0.05, 0.1) is 86.0 Å². The minimum absolute atomic E-state index is 0.0196. The Hall–Kier alpha value is -8.60. The average molecular weight is 1350 g/mol. The lowest BCUT2D eigenvalue weighted by Crippen LogP contribution is -2.39. The number of nitrogens with zero attached hydrogens (tertiary/aromatic N) is 6. The molecule has 492 valence electrons. The quantitative estimate of drug-likeness (QED) is 0.0808. The Bertz CT molecular complexity index is 4230. The summed E-state index contributed by atoms with van der Waals surface area (Å²) in [5.41, 5.74) is 13.6. The van der Waals surface area contributed by atoms with Gasteiger partial charge in [-0.05, 0) is 157 Å². The first-order valence-corrected chi connectivity index (χ1v) is 33.6. The SMILES string of the molecule is CC1(CC2COC2)C(=O)Nc2ccc(Br)cc21.CC1(CC2COC2)C(=O)Nc2ccccc21.CC1C(=O)Nc2ccccc21.CCn1c(-c2cnc(C)nc2)nc2c(-c3ccc4c(c3)C(C)(CC3COC3)C(=O)N4)ncnc21.Cc1ccc2c(c1)C(C)(CC1COC1)C(=O)N2. The summed E-state index contributed by atoms with van der Waals surface area (Å²) in [6.07, 6.45) is 8.53. The topological polar surface area (TPSA) is 252 Å². The van der Waals surface area contributed by atoms with E-state index < -0.39 is 10.8 Å². The Labute approximate surface area is 561 Å². The summed E-state index contributed by atoms with van der Waals surface area (Å²) in [5.74, 6) is 3.95. The van der Waals surface area contributed by atoms with Crippen molar-refractivity contribution in [3.63, 3.8) is 0 Å². The summed E-state index contributed by atoms with van der Waals surface area (Å²) < 4.78 is 24.0. The molecule has 17 rings (SSSR count). The number of amides is 5. The zero-order valence-electron chi connectivity index (χ0n) is 54.9.